The van der Waals surface area contributed by atoms with E-state index in [1.165, 1.54) is 6.07 Å². The lowest BCUT2D eigenvalue weighted by atomic mass is 10.1. The average Bonchev–Trinajstić information content (AvgIpc) is 2.67. The minimum absolute atomic E-state index is 0.275. The molecule has 1 aromatic carbocycles. The summed E-state index contributed by atoms with van der Waals surface area (Å²) in [6.45, 7) is 2.43. The van der Waals surface area contributed by atoms with Gasteiger partial charge < -0.3 is 21.1 Å². The van der Waals surface area contributed by atoms with Gasteiger partial charge in [-0.05, 0) is 57.0 Å². The van der Waals surface area contributed by atoms with Gasteiger partial charge in [0, 0.05) is 13.1 Å². The molecule has 0 unspecified atom stereocenters. The van der Waals surface area contributed by atoms with Gasteiger partial charge in [0.1, 0.15) is 0 Å². The van der Waals surface area contributed by atoms with Gasteiger partial charge in [0.05, 0.1) is 11.1 Å². The first-order chi connectivity index (χ1) is 12.7. The lowest BCUT2D eigenvalue weighted by molar-refractivity contribution is 0.0248. The van der Waals surface area contributed by atoms with Crippen molar-refractivity contribution in [3.63, 3.8) is 0 Å². The number of nitrogens with one attached hydrogen (secondary N) is 2. The molecule has 0 amide bonds. The summed E-state index contributed by atoms with van der Waals surface area (Å²) in [6, 6.07) is 6.21. The second-order valence-corrected chi connectivity index (χ2v) is 5.85. The molecule has 0 aromatic heterocycles. The first kappa shape index (κ1) is 22.0. The molecule has 0 bridgehead atoms. The zero-order chi connectivity index (χ0) is 19.0. The molecule has 0 aliphatic carbocycles. The van der Waals surface area contributed by atoms with Gasteiger partial charge in [-0.2, -0.15) is 11.0 Å². The van der Waals surface area contributed by atoms with Crippen molar-refractivity contribution in [3.05, 3.63) is 35.4 Å². The van der Waals surface area contributed by atoms with Crippen LogP contribution in [0.4, 0.5) is 0 Å². The van der Waals surface area contributed by atoms with Gasteiger partial charge in [0.2, 0.25) is 0 Å². The van der Waals surface area contributed by atoms with Gasteiger partial charge >= 0.3 is 11.9 Å². The summed E-state index contributed by atoms with van der Waals surface area (Å²) in [6.07, 6.45) is 5.58. The molecule has 0 saturated heterocycles. The monoisotopic (exact) mass is 366 g/mol. The van der Waals surface area contributed by atoms with Crippen LogP contribution in [0.5, 0.6) is 0 Å². The largest absolute Gasteiger partial charge is 0.367 e. The molecule has 26 heavy (non-hydrogen) atoms. The Morgan fingerprint density at radius 3 is 1.65 bits per heavy atom. The molecular weight excluding hydrogens is 336 g/mol. The van der Waals surface area contributed by atoms with Crippen LogP contribution in [0, 0.1) is 0 Å². The van der Waals surface area contributed by atoms with Crippen LogP contribution in [0.15, 0.2) is 24.3 Å². The summed E-state index contributed by atoms with van der Waals surface area (Å²) in [4.78, 5) is 33.9. The Hall–Kier alpha value is -2.00. The van der Waals surface area contributed by atoms with Crippen molar-refractivity contribution in [2.75, 3.05) is 26.2 Å². The summed E-state index contributed by atoms with van der Waals surface area (Å²) in [5, 5.41) is 0. The van der Waals surface area contributed by atoms with E-state index in [1.807, 2.05) is 0 Å². The predicted octanol–water partition coefficient (Wildman–Crippen LogP) is 1.27. The fraction of sp³-hybridized carbons (Fsp3) is 0.556. The first-order valence-corrected chi connectivity index (χ1v) is 9.07. The molecular formula is C18H30N4O4. The minimum Gasteiger partial charge on any atom is -0.367 e. The number of unbranched alkanes of at least 4 members (excludes halogenated alkanes) is 4. The molecule has 0 fully saturated rings. The molecule has 0 radical (unpaired) electrons. The van der Waals surface area contributed by atoms with E-state index >= 15 is 0 Å². The quantitative estimate of drug-likeness (QED) is 0.286. The molecule has 0 aliphatic heterocycles. The highest BCUT2D eigenvalue weighted by molar-refractivity contribution is 5.95. The highest BCUT2D eigenvalue weighted by Crippen LogP contribution is 2.08. The zero-order valence-electron chi connectivity index (χ0n) is 15.2. The smallest absolute Gasteiger partial charge is 0.356 e. The molecule has 0 atom stereocenters. The number of nitrogens with two attached hydrogens (primary N) is 2. The van der Waals surface area contributed by atoms with Crippen LogP contribution in [-0.4, -0.2) is 38.1 Å². The fourth-order valence-corrected chi connectivity index (χ4v) is 2.16. The SMILES string of the molecule is NCCCCCNOC(=O)c1cccc(C(=O)ONCCCCCN)c1. The Morgan fingerprint density at radius 2 is 1.23 bits per heavy atom. The predicted molar refractivity (Wildman–Crippen MR) is 99.1 cm³/mol. The zero-order valence-corrected chi connectivity index (χ0v) is 15.2. The fourth-order valence-electron chi connectivity index (χ4n) is 2.16. The average molecular weight is 366 g/mol. The molecule has 0 spiro atoms. The van der Waals surface area contributed by atoms with Gasteiger partial charge in [-0.1, -0.05) is 18.9 Å². The molecule has 6 N–H and O–H groups in total. The number of hydrogen-bond donors (Lipinski definition) is 4. The first-order valence-electron chi connectivity index (χ1n) is 9.07. The molecule has 0 aliphatic rings. The summed E-state index contributed by atoms with van der Waals surface area (Å²) in [5.41, 5.74) is 16.6. The van der Waals surface area contributed by atoms with Crippen molar-refractivity contribution in [3.8, 4) is 0 Å². The summed E-state index contributed by atoms with van der Waals surface area (Å²) < 4.78 is 0. The van der Waals surface area contributed by atoms with Crippen molar-refractivity contribution < 1.29 is 19.3 Å². The second-order valence-electron chi connectivity index (χ2n) is 5.85. The van der Waals surface area contributed by atoms with Gasteiger partial charge in [-0.25, -0.2) is 9.59 Å². The lowest BCUT2D eigenvalue weighted by Gasteiger charge is -2.08. The van der Waals surface area contributed by atoms with E-state index in [1.54, 1.807) is 18.2 Å². The third kappa shape index (κ3) is 9.47. The Morgan fingerprint density at radius 1 is 0.769 bits per heavy atom. The standard InChI is InChI=1S/C18H30N4O4/c19-10-3-1-5-12-21-25-17(23)15-8-7-9-16(14-15)18(24)26-22-13-6-2-4-11-20/h7-9,14,21-22H,1-6,10-13,19-20H2. The Kier molecular flexibility index (Phi) is 12.0. The van der Waals surface area contributed by atoms with Gasteiger partial charge in [0.25, 0.3) is 0 Å². The van der Waals surface area contributed by atoms with Crippen LogP contribution in [0.2, 0.25) is 0 Å². The summed E-state index contributed by atoms with van der Waals surface area (Å²) in [7, 11) is 0. The second kappa shape index (κ2) is 14.2. The van der Waals surface area contributed by atoms with Crippen LogP contribution < -0.4 is 22.4 Å². The topological polar surface area (TPSA) is 129 Å². The van der Waals surface area contributed by atoms with Gasteiger partial charge in [-0.3, -0.25) is 0 Å². The van der Waals surface area contributed by atoms with Crippen LogP contribution in [0.3, 0.4) is 0 Å². The molecule has 8 heteroatoms. The highest BCUT2D eigenvalue weighted by Gasteiger charge is 2.13. The number of hydroxylamine groups is 2. The van der Waals surface area contributed by atoms with E-state index in [4.69, 9.17) is 21.1 Å². The maximum atomic E-state index is 12.0. The lowest BCUT2D eigenvalue weighted by Crippen LogP contribution is -2.23. The van der Waals surface area contributed by atoms with E-state index in [-0.39, 0.29) is 11.1 Å². The maximum absolute atomic E-state index is 12.0. The molecule has 8 nitrogen and oxygen atoms in total. The normalized spacial score (nSPS) is 10.5. The van der Waals surface area contributed by atoms with E-state index < -0.39 is 11.9 Å². The van der Waals surface area contributed by atoms with Gasteiger partial charge in [-0.15, -0.1) is 0 Å². The maximum Gasteiger partial charge on any atom is 0.356 e. The number of rotatable bonds is 14. The third-order valence-electron chi connectivity index (χ3n) is 3.63. The summed E-state index contributed by atoms with van der Waals surface area (Å²) >= 11 is 0. The van der Waals surface area contributed by atoms with Gasteiger partial charge in [0.15, 0.2) is 0 Å². The Bertz CT molecular complexity index is 496. The van der Waals surface area contributed by atoms with E-state index in [2.05, 4.69) is 11.0 Å². The molecule has 0 saturated carbocycles. The van der Waals surface area contributed by atoms with Crippen LogP contribution in [0.25, 0.3) is 0 Å². The van der Waals surface area contributed by atoms with E-state index in [0.717, 1.165) is 38.5 Å². The van der Waals surface area contributed by atoms with Crippen molar-refractivity contribution in [1.82, 2.24) is 11.0 Å². The van der Waals surface area contributed by atoms with Crippen molar-refractivity contribution in [1.29, 1.82) is 0 Å². The van der Waals surface area contributed by atoms with Crippen LogP contribution in [-0.2, 0) is 9.68 Å². The summed E-state index contributed by atoms with van der Waals surface area (Å²) in [5.74, 6) is -1.10. The van der Waals surface area contributed by atoms with Crippen LogP contribution >= 0.6 is 0 Å². The molecule has 146 valence electrons. The van der Waals surface area contributed by atoms with Crippen LogP contribution in [0.1, 0.15) is 59.2 Å². The molecule has 0 heterocycles. The van der Waals surface area contributed by atoms with E-state index in [9.17, 15) is 9.59 Å². The highest BCUT2D eigenvalue weighted by atomic mass is 16.7. The van der Waals surface area contributed by atoms with Crippen molar-refractivity contribution >= 4 is 11.9 Å². The number of hydrogen-bond acceptors (Lipinski definition) is 8. The third-order valence-corrected chi connectivity index (χ3v) is 3.63. The minimum atomic E-state index is -0.548. The molecule has 1 aromatic rings. The number of benzene rings is 1. The molecule has 1 rings (SSSR count). The Labute approximate surface area is 154 Å². The number of carbonyl (C=O) groups excluding carboxylic acids is 2. The Balaban J connectivity index is 2.34. The van der Waals surface area contributed by atoms with Crippen molar-refractivity contribution in [2.45, 2.75) is 38.5 Å². The van der Waals surface area contributed by atoms with Crippen molar-refractivity contribution in [2.24, 2.45) is 11.5 Å². The number of carbonyl (C=O) groups is 2. The van der Waals surface area contributed by atoms with E-state index in [0.29, 0.717) is 26.2 Å².